The van der Waals surface area contributed by atoms with E-state index in [0.29, 0.717) is 18.0 Å². The molecule has 1 aliphatic rings. The van der Waals surface area contributed by atoms with Crippen molar-refractivity contribution in [1.82, 2.24) is 19.6 Å². The second-order valence-corrected chi connectivity index (χ2v) is 7.24. The molecule has 1 fully saturated rings. The number of aliphatic hydroxyl groups is 1. The second kappa shape index (κ2) is 8.97. The van der Waals surface area contributed by atoms with Crippen LogP contribution in [-0.2, 0) is 4.74 Å². The Labute approximate surface area is 171 Å². The van der Waals surface area contributed by atoms with Gasteiger partial charge < -0.3 is 15.6 Å². The van der Waals surface area contributed by atoms with E-state index in [9.17, 15) is 13.2 Å². The Morgan fingerprint density at radius 3 is 2.57 bits per heavy atom. The van der Waals surface area contributed by atoms with E-state index >= 15 is 0 Å². The molecule has 10 heteroatoms. The highest BCUT2D eigenvalue weighted by Crippen LogP contribution is 2.34. The van der Waals surface area contributed by atoms with Crippen LogP contribution in [0.5, 0.6) is 0 Å². The number of hydrogen-bond donors (Lipinski definition) is 2. The molecule has 3 aromatic rings. The Bertz CT molecular complexity index is 983. The highest BCUT2D eigenvalue weighted by atomic mass is 19.4. The van der Waals surface area contributed by atoms with E-state index < -0.39 is 12.1 Å². The van der Waals surface area contributed by atoms with Crippen molar-refractivity contribution in [2.24, 2.45) is 0 Å². The number of alkyl halides is 3. The van der Waals surface area contributed by atoms with Crippen LogP contribution in [0.3, 0.4) is 0 Å². The number of nitrogens with zero attached hydrogens (tertiary/aromatic N) is 4. The number of ether oxygens (including phenoxy) is 1. The quantitative estimate of drug-likeness (QED) is 0.655. The first-order valence-electron chi connectivity index (χ1n) is 9.56. The van der Waals surface area contributed by atoms with Gasteiger partial charge in [-0.05, 0) is 49.9 Å². The Morgan fingerprint density at radius 1 is 1.27 bits per heavy atom. The average molecular weight is 423 g/mol. The predicted octanol–water partition coefficient (Wildman–Crippen LogP) is 3.51. The number of nitrogen functional groups attached to an aromatic ring is 1. The lowest BCUT2D eigenvalue weighted by atomic mass is 10.0. The summed E-state index contributed by atoms with van der Waals surface area (Å²) in [6, 6.07) is 4.83. The molecule has 3 N–H and O–H groups in total. The molecule has 0 aromatic carbocycles. The highest BCUT2D eigenvalue weighted by Gasteiger charge is 2.37. The van der Waals surface area contributed by atoms with Gasteiger partial charge in [0.2, 0.25) is 5.95 Å². The molecule has 1 saturated heterocycles. The van der Waals surface area contributed by atoms with E-state index in [1.165, 1.54) is 12.3 Å². The van der Waals surface area contributed by atoms with Gasteiger partial charge in [-0.1, -0.05) is 6.07 Å². The van der Waals surface area contributed by atoms with Gasteiger partial charge in [-0.15, -0.1) is 5.10 Å². The number of aryl methyl sites for hydroxylation is 1. The van der Waals surface area contributed by atoms with Gasteiger partial charge in [-0.3, -0.25) is 4.98 Å². The molecule has 162 valence electrons. The molecule has 0 bridgehead atoms. The third-order valence-corrected chi connectivity index (χ3v) is 4.91. The molecule has 2 atom stereocenters. The van der Waals surface area contributed by atoms with E-state index in [4.69, 9.17) is 15.6 Å². The maximum atomic E-state index is 12.8. The fourth-order valence-corrected chi connectivity index (χ4v) is 3.06. The second-order valence-electron chi connectivity index (χ2n) is 7.24. The number of anilines is 1. The molecule has 0 amide bonds. The molecule has 2 unspecified atom stereocenters. The minimum absolute atomic E-state index is 0.108. The van der Waals surface area contributed by atoms with Crippen LogP contribution >= 0.6 is 0 Å². The van der Waals surface area contributed by atoms with Crippen molar-refractivity contribution in [3.05, 3.63) is 41.7 Å². The summed E-state index contributed by atoms with van der Waals surface area (Å²) >= 11 is 0. The fraction of sp³-hybridized carbons (Fsp3) is 0.450. The summed E-state index contributed by atoms with van der Waals surface area (Å²) in [5, 5.41) is 12.9. The standard InChI is InChI=1S/C15H14F3N5.C5H10O2/c1-8-5-12(23-13(8)7-21-14(19)22-23)11-4-3-10(6-20-11)9(2)15(16,17)18;6-5-2-1-3-7-4-5/h3-7,9H,1-2H3,(H2,19,22);5-6H,1-4H2. The molecule has 1 aliphatic heterocycles. The normalized spacial score (nSPS) is 18.0. The fourth-order valence-electron chi connectivity index (χ4n) is 3.06. The summed E-state index contributed by atoms with van der Waals surface area (Å²) in [5.74, 6) is -1.45. The number of aliphatic hydroxyl groups excluding tert-OH is 1. The lowest BCUT2D eigenvalue weighted by Gasteiger charge is -2.15. The molecule has 4 heterocycles. The maximum absolute atomic E-state index is 12.8. The number of pyridine rings is 1. The summed E-state index contributed by atoms with van der Waals surface area (Å²) in [5.41, 5.74) is 8.58. The number of nitrogens with two attached hydrogens (primary N) is 1. The first-order chi connectivity index (χ1) is 14.2. The van der Waals surface area contributed by atoms with Crippen LogP contribution in [-0.4, -0.2) is 50.2 Å². The van der Waals surface area contributed by atoms with Gasteiger partial charge >= 0.3 is 6.18 Å². The predicted molar refractivity (Wildman–Crippen MR) is 106 cm³/mol. The van der Waals surface area contributed by atoms with E-state index in [2.05, 4.69) is 15.1 Å². The summed E-state index contributed by atoms with van der Waals surface area (Å²) in [6.45, 7) is 4.37. The molecular weight excluding hydrogens is 399 g/mol. The number of fused-ring (bicyclic) bond motifs is 1. The lowest BCUT2D eigenvalue weighted by Crippen LogP contribution is -2.21. The van der Waals surface area contributed by atoms with Crippen molar-refractivity contribution in [2.75, 3.05) is 18.9 Å². The molecule has 3 aromatic heterocycles. The number of rotatable bonds is 2. The Kier molecular flexibility index (Phi) is 6.57. The zero-order chi connectivity index (χ0) is 21.9. The number of aromatic nitrogens is 4. The van der Waals surface area contributed by atoms with Gasteiger partial charge in [0.05, 0.1) is 41.7 Å². The summed E-state index contributed by atoms with van der Waals surface area (Å²) in [7, 11) is 0. The summed E-state index contributed by atoms with van der Waals surface area (Å²) in [6.07, 6.45) is 0.298. The van der Waals surface area contributed by atoms with Crippen molar-refractivity contribution in [2.45, 2.75) is 44.9 Å². The van der Waals surface area contributed by atoms with Gasteiger partial charge in [0.1, 0.15) is 0 Å². The van der Waals surface area contributed by atoms with E-state index in [-0.39, 0.29) is 17.6 Å². The average Bonchev–Trinajstić information content (AvgIpc) is 3.03. The first kappa shape index (κ1) is 22.0. The van der Waals surface area contributed by atoms with Crippen LogP contribution in [0.2, 0.25) is 0 Å². The van der Waals surface area contributed by atoms with Gasteiger partial charge in [0.15, 0.2) is 0 Å². The van der Waals surface area contributed by atoms with Gasteiger partial charge in [0.25, 0.3) is 0 Å². The van der Waals surface area contributed by atoms with Crippen LogP contribution in [0, 0.1) is 6.92 Å². The third kappa shape index (κ3) is 5.06. The molecule has 0 aliphatic carbocycles. The van der Waals surface area contributed by atoms with Crippen LogP contribution in [0.4, 0.5) is 19.1 Å². The minimum atomic E-state index is -4.29. The Morgan fingerprint density at radius 2 is 2.03 bits per heavy atom. The molecule has 4 rings (SSSR count). The highest BCUT2D eigenvalue weighted by molar-refractivity contribution is 5.67. The molecule has 30 heavy (non-hydrogen) atoms. The molecule has 0 saturated carbocycles. The SMILES string of the molecule is Cc1cc(-c2ccc(C(C)C(F)(F)F)cn2)n2nc(N)ncc12.OC1CCCOC1. The number of halogens is 3. The van der Waals surface area contributed by atoms with Crippen LogP contribution < -0.4 is 5.73 Å². The number of hydrogen-bond acceptors (Lipinski definition) is 6. The third-order valence-electron chi connectivity index (χ3n) is 4.91. The zero-order valence-corrected chi connectivity index (χ0v) is 16.7. The Balaban J connectivity index is 0.000000310. The first-order valence-corrected chi connectivity index (χ1v) is 9.56. The van der Waals surface area contributed by atoms with Crippen molar-refractivity contribution in [3.8, 4) is 11.4 Å². The van der Waals surface area contributed by atoms with E-state index in [1.54, 1.807) is 16.8 Å². The smallest absolute Gasteiger partial charge is 0.391 e. The van der Waals surface area contributed by atoms with Crippen LogP contribution in [0.15, 0.2) is 30.6 Å². The molecule has 0 radical (unpaired) electrons. The maximum Gasteiger partial charge on any atom is 0.395 e. The van der Waals surface area contributed by atoms with Crippen LogP contribution in [0.25, 0.3) is 16.9 Å². The van der Waals surface area contributed by atoms with E-state index in [0.717, 1.165) is 37.5 Å². The topological polar surface area (TPSA) is 98.6 Å². The van der Waals surface area contributed by atoms with Crippen molar-refractivity contribution < 1.29 is 23.0 Å². The summed E-state index contributed by atoms with van der Waals surface area (Å²) < 4.78 is 44.8. The zero-order valence-electron chi connectivity index (χ0n) is 16.7. The lowest BCUT2D eigenvalue weighted by molar-refractivity contribution is -0.146. The minimum Gasteiger partial charge on any atom is -0.391 e. The van der Waals surface area contributed by atoms with Gasteiger partial charge in [-0.2, -0.15) is 13.2 Å². The van der Waals surface area contributed by atoms with E-state index in [1.807, 2.05) is 13.0 Å². The van der Waals surface area contributed by atoms with Crippen molar-refractivity contribution in [3.63, 3.8) is 0 Å². The van der Waals surface area contributed by atoms with Gasteiger partial charge in [-0.25, -0.2) is 9.50 Å². The Hall–Kier alpha value is -2.72. The monoisotopic (exact) mass is 423 g/mol. The van der Waals surface area contributed by atoms with Crippen LogP contribution in [0.1, 0.15) is 36.8 Å². The largest absolute Gasteiger partial charge is 0.395 e. The molecule has 7 nitrogen and oxygen atoms in total. The van der Waals surface area contributed by atoms with Gasteiger partial charge in [0, 0.05) is 12.8 Å². The summed E-state index contributed by atoms with van der Waals surface area (Å²) in [4.78, 5) is 8.09. The molecule has 0 spiro atoms. The van der Waals surface area contributed by atoms with Crippen molar-refractivity contribution >= 4 is 11.5 Å². The molecular formula is C20H24F3N5O2. The van der Waals surface area contributed by atoms with Crippen molar-refractivity contribution in [1.29, 1.82) is 0 Å².